The lowest BCUT2D eigenvalue weighted by Gasteiger charge is -2.39. The summed E-state index contributed by atoms with van der Waals surface area (Å²) in [7, 11) is -5.06. The Morgan fingerprint density at radius 2 is 1.35 bits per heavy atom. The molecular formula is C48H53N9O11S3. The number of thiocarbonyl (C=S) groups is 1. The minimum absolute atomic E-state index is 0.0819. The van der Waals surface area contributed by atoms with Gasteiger partial charge in [-0.05, 0) is 116 Å². The number of hydrogen-bond acceptors (Lipinski definition) is 16. The minimum atomic E-state index is -5.00. The average molecular weight is 1030 g/mol. The summed E-state index contributed by atoms with van der Waals surface area (Å²) >= 11 is 5.34. The lowest BCUT2D eigenvalue weighted by molar-refractivity contribution is 0.0138. The largest absolute Gasteiger partial charge is 0.497 e. The van der Waals surface area contributed by atoms with Crippen LogP contribution < -0.4 is 24.8 Å². The molecule has 0 radical (unpaired) electrons. The number of alkyl carbamates (subject to hydrolysis) is 1. The van der Waals surface area contributed by atoms with Gasteiger partial charge in [-0.15, -0.1) is 10.2 Å². The van der Waals surface area contributed by atoms with Crippen molar-refractivity contribution in [3.63, 3.8) is 0 Å². The van der Waals surface area contributed by atoms with Crippen molar-refractivity contribution < 1.29 is 50.1 Å². The van der Waals surface area contributed by atoms with E-state index in [1.54, 1.807) is 126 Å². The molecule has 0 unspecified atom stereocenters. The van der Waals surface area contributed by atoms with Crippen LogP contribution in [0.3, 0.4) is 0 Å². The van der Waals surface area contributed by atoms with Gasteiger partial charge >= 0.3 is 12.2 Å². The summed E-state index contributed by atoms with van der Waals surface area (Å²) in [5.74, 6) is 1.57. The highest BCUT2D eigenvalue weighted by Gasteiger charge is 2.46. The van der Waals surface area contributed by atoms with Crippen molar-refractivity contribution >= 4 is 55.2 Å². The summed E-state index contributed by atoms with van der Waals surface area (Å²) in [5.41, 5.74) is 0.982. The highest BCUT2D eigenvalue weighted by atomic mass is 32.2. The normalized spacial score (nSPS) is 13.0. The van der Waals surface area contributed by atoms with E-state index >= 15 is 16.8 Å². The number of nitrogens with one attached hydrogen (secondary N) is 2. The SMILES string of the molecule is CCOC(=O)NC(=S)Nc1cccc(-c2ccc(S(=O)(=O)C3CN(C(=O)OC(C)(C)C)C3)c(S(=O)(=O)N(Cc3ccc(OC)cc3)Cc3ccc(OC)cc3)c2-c2nnn(Cc3ccc(OC)cc3)n2)n1. The molecular weight excluding hydrogens is 975 g/mol. The van der Waals surface area contributed by atoms with Gasteiger partial charge in [-0.3, -0.25) is 5.32 Å². The second kappa shape index (κ2) is 21.8. The van der Waals surface area contributed by atoms with Crippen LogP contribution in [0.15, 0.2) is 113 Å². The van der Waals surface area contributed by atoms with Gasteiger partial charge in [0.1, 0.15) is 38.8 Å². The number of tetrazole rings is 1. The van der Waals surface area contributed by atoms with Crippen LogP contribution in [0.5, 0.6) is 17.2 Å². The zero-order valence-electron chi connectivity index (χ0n) is 40.0. The molecule has 71 heavy (non-hydrogen) atoms. The second-order valence-corrected chi connectivity index (χ2v) is 21.5. The molecule has 374 valence electrons. The standard InChI is InChI=1S/C48H53N9O11S3/c1-8-67-46(58)51-45(69)50-41-11-9-10-39(49-41)38-24-25-40(70(60,61)37-29-55(30-37)47(59)68-48(2,3)4)43(42(38)44-52-54-57(53-44)28-33-16-22-36(66-7)23-17-33)71(62,63)56(26-31-12-18-34(64-5)19-13-31)27-32-14-20-35(65-6)21-15-32/h9-25,37H,8,26-30H2,1-7H3,(H2,49,50,51,58,69). The van der Waals surface area contributed by atoms with Gasteiger partial charge in [0.2, 0.25) is 15.8 Å². The van der Waals surface area contributed by atoms with Crippen LogP contribution in [-0.2, 0) is 49.0 Å². The van der Waals surface area contributed by atoms with Crippen LogP contribution in [0, 0.1) is 0 Å². The van der Waals surface area contributed by atoms with Gasteiger partial charge in [0.25, 0.3) is 0 Å². The smallest absolute Gasteiger partial charge is 0.413 e. The molecule has 3 heterocycles. The Morgan fingerprint density at radius 3 is 1.89 bits per heavy atom. The number of carbonyl (C=O) groups excluding carboxylic acids is 2. The van der Waals surface area contributed by atoms with E-state index in [0.29, 0.717) is 28.4 Å². The number of methoxy groups -OCH3 is 3. The van der Waals surface area contributed by atoms with E-state index in [9.17, 15) is 9.59 Å². The number of hydrogen-bond donors (Lipinski definition) is 2. The number of likely N-dealkylation sites (tertiary alicyclic amines) is 1. The molecule has 1 saturated heterocycles. The molecule has 1 aliphatic rings. The Hall–Kier alpha value is -7.21. The number of benzene rings is 4. The zero-order valence-corrected chi connectivity index (χ0v) is 42.4. The molecule has 0 aliphatic carbocycles. The van der Waals surface area contributed by atoms with E-state index in [4.69, 9.17) is 46.0 Å². The number of anilines is 1. The second-order valence-electron chi connectivity index (χ2n) is 17.0. The van der Waals surface area contributed by atoms with Gasteiger partial charge < -0.3 is 33.9 Å². The van der Waals surface area contributed by atoms with Gasteiger partial charge in [0.15, 0.2) is 14.9 Å². The summed E-state index contributed by atoms with van der Waals surface area (Å²) in [6.07, 6.45) is -1.51. The Bertz CT molecular complexity index is 3060. The number of nitrogens with zero attached hydrogens (tertiary/aromatic N) is 7. The van der Waals surface area contributed by atoms with Crippen LogP contribution in [0.1, 0.15) is 44.4 Å². The van der Waals surface area contributed by atoms with Crippen LogP contribution in [0.25, 0.3) is 22.6 Å². The number of aromatic nitrogens is 5. The van der Waals surface area contributed by atoms with Crippen molar-refractivity contribution in [2.75, 3.05) is 46.3 Å². The lowest BCUT2D eigenvalue weighted by Crippen LogP contribution is -2.57. The van der Waals surface area contributed by atoms with Crippen molar-refractivity contribution in [2.24, 2.45) is 0 Å². The van der Waals surface area contributed by atoms with Crippen molar-refractivity contribution in [3.8, 4) is 39.9 Å². The van der Waals surface area contributed by atoms with Gasteiger partial charge in [-0.1, -0.05) is 48.5 Å². The van der Waals surface area contributed by atoms with Crippen molar-refractivity contribution in [1.82, 2.24) is 39.7 Å². The Balaban J connectivity index is 1.46. The molecule has 20 nitrogen and oxygen atoms in total. The highest BCUT2D eigenvalue weighted by Crippen LogP contribution is 2.43. The lowest BCUT2D eigenvalue weighted by atomic mass is 10.0. The Morgan fingerprint density at radius 1 is 0.789 bits per heavy atom. The fourth-order valence-electron chi connectivity index (χ4n) is 7.36. The van der Waals surface area contributed by atoms with Gasteiger partial charge in [-0.25, -0.2) is 31.4 Å². The maximum absolute atomic E-state index is 16.1. The first-order chi connectivity index (χ1) is 33.8. The first-order valence-electron chi connectivity index (χ1n) is 22.1. The van der Waals surface area contributed by atoms with E-state index in [1.807, 2.05) is 0 Å². The fraction of sp³-hybridized carbons (Fsp3) is 0.312. The molecule has 4 aromatic carbocycles. The number of carbonyl (C=O) groups is 2. The minimum Gasteiger partial charge on any atom is -0.497 e. The summed E-state index contributed by atoms with van der Waals surface area (Å²) in [5, 5.41) is 17.3. The van der Waals surface area contributed by atoms with E-state index in [-0.39, 0.29) is 72.9 Å². The zero-order chi connectivity index (χ0) is 51.1. The molecule has 2 N–H and O–H groups in total. The predicted molar refractivity (Wildman–Crippen MR) is 266 cm³/mol. The molecule has 23 heteroatoms. The molecule has 2 aromatic heterocycles. The summed E-state index contributed by atoms with van der Waals surface area (Å²) in [4.78, 5) is 31.3. The summed E-state index contributed by atoms with van der Waals surface area (Å²) in [6, 6.07) is 28.1. The third kappa shape index (κ3) is 12.4. The van der Waals surface area contributed by atoms with Gasteiger partial charge in [0.05, 0.1) is 50.6 Å². The van der Waals surface area contributed by atoms with Crippen LogP contribution in [0.2, 0.25) is 0 Å². The number of sulfone groups is 1. The fourth-order valence-corrected chi connectivity index (χ4v) is 11.6. The maximum Gasteiger partial charge on any atom is 0.413 e. The number of sulfonamides is 1. The van der Waals surface area contributed by atoms with E-state index < -0.39 is 52.7 Å². The molecule has 6 aromatic rings. The van der Waals surface area contributed by atoms with Crippen LogP contribution >= 0.6 is 12.2 Å². The third-order valence-corrected chi connectivity index (χ3v) is 15.3. The van der Waals surface area contributed by atoms with Gasteiger partial charge in [-0.2, -0.15) is 9.10 Å². The van der Waals surface area contributed by atoms with E-state index in [2.05, 4.69) is 20.9 Å². The monoisotopic (exact) mass is 1030 g/mol. The summed E-state index contributed by atoms with van der Waals surface area (Å²) < 4.78 is 90.4. The van der Waals surface area contributed by atoms with Crippen molar-refractivity contribution in [3.05, 3.63) is 120 Å². The van der Waals surface area contributed by atoms with Gasteiger partial charge in [0, 0.05) is 31.7 Å². The van der Waals surface area contributed by atoms with Crippen LogP contribution in [0.4, 0.5) is 15.4 Å². The molecule has 0 spiro atoms. The molecule has 0 atom stereocenters. The predicted octanol–water partition coefficient (Wildman–Crippen LogP) is 6.70. The van der Waals surface area contributed by atoms with Crippen molar-refractivity contribution in [1.29, 1.82) is 0 Å². The topological polar surface area (TPSA) is 236 Å². The van der Waals surface area contributed by atoms with Crippen LogP contribution in [-0.4, -0.2) is 120 Å². The van der Waals surface area contributed by atoms with Crippen molar-refractivity contribution in [2.45, 2.75) is 68.0 Å². The first-order valence-corrected chi connectivity index (χ1v) is 25.5. The Kier molecular flexibility index (Phi) is 15.9. The maximum atomic E-state index is 16.1. The number of amides is 2. The molecule has 7 rings (SSSR count). The number of pyridine rings is 1. The first kappa shape index (κ1) is 51.6. The van der Waals surface area contributed by atoms with E-state index in [0.717, 1.165) is 5.56 Å². The molecule has 0 saturated carbocycles. The summed E-state index contributed by atoms with van der Waals surface area (Å²) in [6.45, 7) is 5.87. The molecule has 0 bridgehead atoms. The number of rotatable bonds is 17. The van der Waals surface area contributed by atoms with E-state index in [1.165, 1.54) is 40.4 Å². The molecule has 1 fully saturated rings. The highest BCUT2D eigenvalue weighted by molar-refractivity contribution is 7.94. The number of ether oxygens (including phenoxy) is 5. The third-order valence-electron chi connectivity index (χ3n) is 10.9. The average Bonchev–Trinajstić information content (AvgIpc) is 3.78. The molecule has 1 aliphatic heterocycles. The molecule has 2 amide bonds. The quantitative estimate of drug-likeness (QED) is 0.0904. The Labute approximate surface area is 417 Å².